The van der Waals surface area contributed by atoms with Gasteiger partial charge in [-0.2, -0.15) is 0 Å². The first-order chi connectivity index (χ1) is 7.79. The predicted octanol–water partition coefficient (Wildman–Crippen LogP) is 3.36. The minimum absolute atomic E-state index is 0.443. The monoisotopic (exact) mass is 216 g/mol. The Labute approximate surface area is 95.6 Å². The van der Waals surface area contributed by atoms with Crippen LogP contribution >= 0.6 is 0 Å². The van der Waals surface area contributed by atoms with Gasteiger partial charge in [-0.1, -0.05) is 42.0 Å². The molecular weight excluding hydrogens is 200 g/mol. The van der Waals surface area contributed by atoms with E-state index in [0.717, 1.165) is 30.4 Å². The molecule has 2 heteroatoms. The molecule has 0 fully saturated rings. The van der Waals surface area contributed by atoms with Crippen LogP contribution in [0.25, 0.3) is 0 Å². The van der Waals surface area contributed by atoms with E-state index in [1.54, 1.807) is 0 Å². The van der Waals surface area contributed by atoms with Crippen molar-refractivity contribution in [2.45, 2.75) is 31.6 Å². The molecule has 1 aliphatic rings. The molecule has 0 radical (unpaired) electrons. The van der Waals surface area contributed by atoms with E-state index in [1.165, 1.54) is 6.42 Å². The summed E-state index contributed by atoms with van der Waals surface area (Å²) in [5, 5.41) is 9.34. The molecule has 0 saturated heterocycles. The van der Waals surface area contributed by atoms with Gasteiger partial charge < -0.3 is 5.11 Å². The van der Waals surface area contributed by atoms with Gasteiger partial charge in [0.1, 0.15) is 5.92 Å². The van der Waals surface area contributed by atoms with Gasteiger partial charge in [0, 0.05) is 0 Å². The zero-order chi connectivity index (χ0) is 11.4. The molecule has 0 spiro atoms. The molecule has 0 amide bonds. The molecule has 1 aromatic carbocycles. The third-order valence-corrected chi connectivity index (χ3v) is 3.08. The summed E-state index contributed by atoms with van der Waals surface area (Å²) in [6.45, 7) is 0. The van der Waals surface area contributed by atoms with E-state index in [4.69, 9.17) is 0 Å². The zero-order valence-corrected chi connectivity index (χ0v) is 9.23. The lowest BCUT2D eigenvalue weighted by Gasteiger charge is -2.20. The Balaban J connectivity index is 2.31. The average molecular weight is 216 g/mol. The summed E-state index contributed by atoms with van der Waals surface area (Å²) in [5.74, 6) is -1.18. The van der Waals surface area contributed by atoms with Crippen molar-refractivity contribution in [2.24, 2.45) is 0 Å². The molecule has 2 rings (SSSR count). The summed E-state index contributed by atoms with van der Waals surface area (Å²) in [5.41, 5.74) is 1.97. The highest BCUT2D eigenvalue weighted by molar-refractivity contribution is 5.80. The minimum atomic E-state index is -0.737. The van der Waals surface area contributed by atoms with Crippen LogP contribution in [0.5, 0.6) is 0 Å². The van der Waals surface area contributed by atoms with E-state index in [9.17, 15) is 9.90 Å². The summed E-state index contributed by atoms with van der Waals surface area (Å²) in [6, 6.07) is 9.50. The minimum Gasteiger partial charge on any atom is -0.481 e. The smallest absolute Gasteiger partial charge is 0.315 e. The maximum Gasteiger partial charge on any atom is 0.315 e. The molecule has 1 N–H and O–H groups in total. The fourth-order valence-electron chi connectivity index (χ4n) is 2.29. The molecule has 0 saturated carbocycles. The topological polar surface area (TPSA) is 37.3 Å². The number of hydrogen-bond acceptors (Lipinski definition) is 1. The van der Waals surface area contributed by atoms with Crippen LogP contribution in [-0.2, 0) is 4.79 Å². The van der Waals surface area contributed by atoms with Crippen molar-refractivity contribution in [3.8, 4) is 0 Å². The van der Waals surface area contributed by atoms with Crippen molar-refractivity contribution in [1.82, 2.24) is 0 Å². The Kier molecular flexibility index (Phi) is 3.40. The third-order valence-electron chi connectivity index (χ3n) is 3.08. The van der Waals surface area contributed by atoms with E-state index in [2.05, 4.69) is 6.08 Å². The molecular formula is C14H16O2. The first-order valence-corrected chi connectivity index (χ1v) is 5.75. The van der Waals surface area contributed by atoms with E-state index < -0.39 is 11.9 Å². The number of carboxylic acids is 1. The molecule has 2 nitrogen and oxygen atoms in total. The van der Waals surface area contributed by atoms with Crippen LogP contribution in [0.2, 0.25) is 0 Å². The Bertz CT molecular complexity index is 392. The summed E-state index contributed by atoms with van der Waals surface area (Å²) in [4.78, 5) is 11.4. The predicted molar refractivity (Wildman–Crippen MR) is 63.4 cm³/mol. The van der Waals surface area contributed by atoms with Crippen LogP contribution in [0.3, 0.4) is 0 Å². The summed E-state index contributed by atoms with van der Waals surface area (Å²) < 4.78 is 0. The van der Waals surface area contributed by atoms with Crippen molar-refractivity contribution in [3.05, 3.63) is 47.5 Å². The second kappa shape index (κ2) is 4.97. The van der Waals surface area contributed by atoms with Gasteiger partial charge in [-0.15, -0.1) is 0 Å². The van der Waals surface area contributed by atoms with Crippen LogP contribution in [0, 0.1) is 0 Å². The number of benzene rings is 1. The van der Waals surface area contributed by atoms with Gasteiger partial charge in [-0.3, -0.25) is 4.79 Å². The lowest BCUT2D eigenvalue weighted by atomic mass is 9.85. The molecule has 0 aliphatic heterocycles. The van der Waals surface area contributed by atoms with Crippen LogP contribution in [0.4, 0.5) is 0 Å². The zero-order valence-electron chi connectivity index (χ0n) is 9.23. The molecule has 1 aromatic rings. The van der Waals surface area contributed by atoms with Gasteiger partial charge in [-0.05, 0) is 31.2 Å². The number of hydrogen-bond donors (Lipinski definition) is 1. The molecule has 1 atom stereocenters. The van der Waals surface area contributed by atoms with Crippen molar-refractivity contribution in [2.75, 3.05) is 0 Å². The molecule has 84 valence electrons. The highest BCUT2D eigenvalue weighted by atomic mass is 16.4. The van der Waals surface area contributed by atoms with Gasteiger partial charge in [0.05, 0.1) is 0 Å². The number of rotatable bonds is 3. The standard InChI is InChI=1S/C14H16O2/c15-14(16)13(11-7-3-1-4-8-11)12-9-5-2-6-10-12/h1,3-4,7-9,13H,2,5-6,10H2,(H,15,16). The third kappa shape index (κ3) is 2.32. The van der Waals surface area contributed by atoms with E-state index in [-0.39, 0.29) is 0 Å². The number of allylic oxidation sites excluding steroid dienone is 1. The van der Waals surface area contributed by atoms with Crippen molar-refractivity contribution in [1.29, 1.82) is 0 Å². The molecule has 0 heterocycles. The quantitative estimate of drug-likeness (QED) is 0.787. The normalized spacial score (nSPS) is 17.6. The molecule has 0 bridgehead atoms. The maximum absolute atomic E-state index is 11.4. The van der Waals surface area contributed by atoms with Gasteiger partial charge in [0.25, 0.3) is 0 Å². The van der Waals surface area contributed by atoms with E-state index >= 15 is 0 Å². The SMILES string of the molecule is O=C(O)C(C1=CCCCC1)c1ccccc1. The first kappa shape index (κ1) is 10.9. The fourth-order valence-corrected chi connectivity index (χ4v) is 2.29. The highest BCUT2D eigenvalue weighted by Gasteiger charge is 2.24. The van der Waals surface area contributed by atoms with Gasteiger partial charge in [-0.25, -0.2) is 0 Å². The average Bonchev–Trinajstić information content (AvgIpc) is 2.31. The van der Waals surface area contributed by atoms with Gasteiger partial charge >= 0.3 is 5.97 Å². The van der Waals surface area contributed by atoms with Crippen molar-refractivity contribution in [3.63, 3.8) is 0 Å². The lowest BCUT2D eigenvalue weighted by molar-refractivity contribution is -0.137. The first-order valence-electron chi connectivity index (χ1n) is 5.75. The van der Waals surface area contributed by atoms with Crippen LogP contribution < -0.4 is 0 Å². The highest BCUT2D eigenvalue weighted by Crippen LogP contribution is 2.31. The fraction of sp³-hybridized carbons (Fsp3) is 0.357. The molecule has 1 aliphatic carbocycles. The second-order valence-electron chi connectivity index (χ2n) is 4.21. The Morgan fingerprint density at radius 2 is 1.94 bits per heavy atom. The largest absolute Gasteiger partial charge is 0.481 e. The van der Waals surface area contributed by atoms with Gasteiger partial charge in [0.15, 0.2) is 0 Å². The van der Waals surface area contributed by atoms with Crippen molar-refractivity contribution < 1.29 is 9.90 Å². The second-order valence-corrected chi connectivity index (χ2v) is 4.21. The molecule has 0 aromatic heterocycles. The van der Waals surface area contributed by atoms with Gasteiger partial charge in [0.2, 0.25) is 0 Å². The number of aliphatic carboxylic acids is 1. The maximum atomic E-state index is 11.4. The lowest BCUT2D eigenvalue weighted by Crippen LogP contribution is -2.15. The van der Waals surface area contributed by atoms with E-state index in [1.807, 2.05) is 30.3 Å². The summed E-state index contributed by atoms with van der Waals surface area (Å²) in [6.07, 6.45) is 6.35. The number of carboxylic acid groups (broad SMARTS) is 1. The van der Waals surface area contributed by atoms with Crippen LogP contribution in [0.15, 0.2) is 42.0 Å². The Morgan fingerprint density at radius 1 is 1.19 bits per heavy atom. The Hall–Kier alpha value is -1.57. The van der Waals surface area contributed by atoms with E-state index in [0.29, 0.717) is 0 Å². The Morgan fingerprint density at radius 3 is 2.50 bits per heavy atom. The summed E-state index contributed by atoms with van der Waals surface area (Å²) in [7, 11) is 0. The number of carbonyl (C=O) groups is 1. The van der Waals surface area contributed by atoms with Crippen molar-refractivity contribution >= 4 is 5.97 Å². The van der Waals surface area contributed by atoms with Crippen LogP contribution in [0.1, 0.15) is 37.2 Å². The molecule has 1 unspecified atom stereocenters. The molecule has 16 heavy (non-hydrogen) atoms. The van der Waals surface area contributed by atoms with Crippen LogP contribution in [-0.4, -0.2) is 11.1 Å². The summed E-state index contributed by atoms with van der Waals surface area (Å²) >= 11 is 0.